The Morgan fingerprint density at radius 1 is 1.09 bits per heavy atom. The van der Waals surface area contributed by atoms with Crippen molar-refractivity contribution < 1.29 is 23.2 Å². The molecule has 0 aliphatic heterocycles. The normalized spacial score (nSPS) is 13.8. The monoisotopic (exact) mass is 465 g/mol. The maximum absolute atomic E-state index is 13.2. The number of carbonyl (C=O) groups is 2. The van der Waals surface area contributed by atoms with Crippen molar-refractivity contribution >= 4 is 27.9 Å². The topological polar surface area (TPSA) is 116 Å². The number of nitrogens with zero attached hydrogens (tertiary/aromatic N) is 1. The number of carbonyl (C=O) groups excluding carboxylic acids is 2. The van der Waals surface area contributed by atoms with Crippen LogP contribution in [0.25, 0.3) is 6.08 Å². The number of hydrogen-bond donors (Lipinski definition) is 3. The quantitative estimate of drug-likeness (QED) is 0.249. The number of benzene rings is 1. The number of sulfonamides is 1. The molecule has 0 fully saturated rings. The van der Waals surface area contributed by atoms with E-state index in [1.54, 1.807) is 17.6 Å². The number of nitrogens with one attached hydrogen (secondary N) is 2. The Morgan fingerprint density at radius 2 is 1.72 bits per heavy atom. The van der Waals surface area contributed by atoms with Crippen LogP contribution >= 0.6 is 0 Å². The molecule has 0 bridgehead atoms. The lowest BCUT2D eigenvalue weighted by Gasteiger charge is -2.28. The van der Waals surface area contributed by atoms with Gasteiger partial charge in [-0.05, 0) is 38.2 Å². The minimum Gasteiger partial charge on any atom is -0.289 e. The molecule has 8 nitrogen and oxygen atoms in total. The Labute approximate surface area is 191 Å². The number of hydrazine groups is 1. The molecule has 0 unspecified atom stereocenters. The highest BCUT2D eigenvalue weighted by molar-refractivity contribution is 7.88. The van der Waals surface area contributed by atoms with Crippen LogP contribution in [0.4, 0.5) is 0 Å². The second kappa shape index (κ2) is 13.1. The highest BCUT2D eigenvalue weighted by atomic mass is 32.2. The molecule has 0 radical (unpaired) electrons. The molecule has 0 saturated heterocycles. The predicted molar refractivity (Wildman–Crippen MR) is 126 cm³/mol. The molecule has 1 aromatic rings. The van der Waals surface area contributed by atoms with Crippen LogP contribution < -0.4 is 10.9 Å². The summed E-state index contributed by atoms with van der Waals surface area (Å²) in [6, 6.07) is 9.48. The largest absolute Gasteiger partial charge is 0.289 e. The number of allylic oxidation sites excluding steroid dienone is 2. The molecule has 3 N–H and O–H groups in total. The third kappa shape index (κ3) is 9.76. The second-order valence-electron chi connectivity index (χ2n) is 8.42. The zero-order valence-corrected chi connectivity index (χ0v) is 20.2. The van der Waals surface area contributed by atoms with Crippen molar-refractivity contribution in [2.45, 2.75) is 40.5 Å². The van der Waals surface area contributed by atoms with E-state index in [4.69, 9.17) is 0 Å². The summed E-state index contributed by atoms with van der Waals surface area (Å²) in [4.78, 5) is 25.6. The van der Waals surface area contributed by atoms with Crippen molar-refractivity contribution in [3.05, 3.63) is 53.6 Å². The first-order valence-corrected chi connectivity index (χ1v) is 12.4. The summed E-state index contributed by atoms with van der Waals surface area (Å²) < 4.78 is 25.2. The van der Waals surface area contributed by atoms with Gasteiger partial charge in [0.25, 0.3) is 0 Å². The molecule has 2 atom stereocenters. The summed E-state index contributed by atoms with van der Waals surface area (Å²) in [5.41, 5.74) is 5.95. The summed E-state index contributed by atoms with van der Waals surface area (Å²) in [6.45, 7) is 7.44. The van der Waals surface area contributed by atoms with Crippen LogP contribution in [0.1, 0.15) is 46.1 Å². The average molecular weight is 466 g/mol. The van der Waals surface area contributed by atoms with Crippen LogP contribution in [0.3, 0.4) is 0 Å². The standard InChI is InChI=1S/C23H35N3O5S/c1-17(2)14-15-26(32(5,30)31)24-22(27)21(16-18(3)4)20(23(28)25-29)13-9-12-19-10-7-6-8-11-19/h6-12,14,18,20-21,29H,13,15-16H2,1-5H3,(H,24,27)(H,25,28)/t20-,21+/m0/s1. The third-order valence-electron chi connectivity index (χ3n) is 4.80. The van der Waals surface area contributed by atoms with E-state index in [2.05, 4.69) is 5.43 Å². The second-order valence-corrected chi connectivity index (χ2v) is 10.3. The molecule has 1 aromatic carbocycles. The van der Waals surface area contributed by atoms with Crippen LogP contribution in [0.2, 0.25) is 0 Å². The summed E-state index contributed by atoms with van der Waals surface area (Å²) >= 11 is 0. The fourth-order valence-corrected chi connectivity index (χ4v) is 3.75. The van der Waals surface area contributed by atoms with Gasteiger partial charge >= 0.3 is 0 Å². The SMILES string of the molecule is CC(C)=CCN(NC(=O)[C@H](CC(C)C)[C@H](CC=Cc1ccccc1)C(=O)NO)S(C)(=O)=O. The van der Waals surface area contributed by atoms with E-state index in [-0.39, 0.29) is 18.9 Å². The van der Waals surface area contributed by atoms with Gasteiger partial charge in [-0.3, -0.25) is 20.2 Å². The fraction of sp³-hybridized carbons (Fsp3) is 0.478. The highest BCUT2D eigenvalue weighted by Crippen LogP contribution is 2.25. The molecule has 32 heavy (non-hydrogen) atoms. The van der Waals surface area contributed by atoms with Crippen molar-refractivity contribution in [2.75, 3.05) is 12.8 Å². The summed E-state index contributed by atoms with van der Waals surface area (Å²) in [5.74, 6) is -2.96. The van der Waals surface area contributed by atoms with Gasteiger partial charge < -0.3 is 0 Å². The Kier molecular flexibility index (Phi) is 11.3. The number of hydroxylamine groups is 1. The molecule has 1 rings (SSSR count). The summed E-state index contributed by atoms with van der Waals surface area (Å²) in [5, 5.41) is 9.27. The van der Waals surface area contributed by atoms with Gasteiger partial charge in [0.05, 0.1) is 24.6 Å². The zero-order valence-electron chi connectivity index (χ0n) is 19.4. The number of amides is 2. The molecular formula is C23H35N3O5S. The molecule has 0 aliphatic rings. The molecular weight excluding hydrogens is 430 g/mol. The third-order valence-corrected chi connectivity index (χ3v) is 5.84. The van der Waals surface area contributed by atoms with Gasteiger partial charge in [0, 0.05) is 0 Å². The first-order valence-electron chi connectivity index (χ1n) is 10.5. The average Bonchev–Trinajstić information content (AvgIpc) is 2.71. The molecule has 2 amide bonds. The van der Waals surface area contributed by atoms with Crippen molar-refractivity contribution in [1.82, 2.24) is 15.3 Å². The van der Waals surface area contributed by atoms with E-state index in [1.807, 2.05) is 64.1 Å². The van der Waals surface area contributed by atoms with Gasteiger partial charge in [-0.2, -0.15) is 0 Å². The van der Waals surface area contributed by atoms with E-state index < -0.39 is 33.7 Å². The van der Waals surface area contributed by atoms with Gasteiger partial charge in [-0.25, -0.2) is 13.9 Å². The Balaban J connectivity index is 3.16. The summed E-state index contributed by atoms with van der Waals surface area (Å²) in [6.07, 6.45) is 6.82. The Bertz CT molecular complexity index is 907. The Hall–Kier alpha value is -2.49. The molecule has 0 saturated carbocycles. The number of rotatable bonds is 12. The molecule has 0 spiro atoms. The van der Waals surface area contributed by atoms with Crippen molar-refractivity contribution in [1.29, 1.82) is 0 Å². The Morgan fingerprint density at radius 3 is 2.22 bits per heavy atom. The number of hydrogen-bond acceptors (Lipinski definition) is 5. The maximum Gasteiger partial charge on any atom is 0.247 e. The van der Waals surface area contributed by atoms with Crippen LogP contribution in [0.15, 0.2) is 48.1 Å². The van der Waals surface area contributed by atoms with Gasteiger partial charge in [-0.1, -0.05) is 68.0 Å². The molecule has 0 aliphatic carbocycles. The van der Waals surface area contributed by atoms with Crippen LogP contribution in [-0.4, -0.2) is 42.7 Å². The van der Waals surface area contributed by atoms with Gasteiger partial charge in [0.1, 0.15) is 0 Å². The first kappa shape index (κ1) is 27.5. The zero-order chi connectivity index (χ0) is 24.3. The van der Waals surface area contributed by atoms with Gasteiger partial charge in [-0.15, -0.1) is 4.41 Å². The molecule has 9 heteroatoms. The smallest absolute Gasteiger partial charge is 0.247 e. The highest BCUT2D eigenvalue weighted by Gasteiger charge is 2.35. The molecule has 178 valence electrons. The lowest BCUT2D eigenvalue weighted by Crippen LogP contribution is -2.50. The van der Waals surface area contributed by atoms with Crippen molar-refractivity contribution in [3.63, 3.8) is 0 Å². The fourth-order valence-electron chi connectivity index (χ4n) is 3.15. The minimum absolute atomic E-state index is 0.0217. The van der Waals surface area contributed by atoms with Crippen LogP contribution in [-0.2, 0) is 19.6 Å². The van der Waals surface area contributed by atoms with Crippen LogP contribution in [0.5, 0.6) is 0 Å². The molecule has 0 aromatic heterocycles. The van der Waals surface area contributed by atoms with E-state index in [9.17, 15) is 23.2 Å². The van der Waals surface area contributed by atoms with Crippen LogP contribution in [0, 0.1) is 17.8 Å². The lowest BCUT2D eigenvalue weighted by atomic mass is 9.82. The molecule has 0 heterocycles. The first-order chi connectivity index (χ1) is 15.0. The van der Waals surface area contributed by atoms with E-state index >= 15 is 0 Å². The van der Waals surface area contributed by atoms with Gasteiger partial charge in [0.2, 0.25) is 21.8 Å². The van der Waals surface area contributed by atoms with Crippen molar-refractivity contribution in [2.24, 2.45) is 17.8 Å². The van der Waals surface area contributed by atoms with Crippen molar-refractivity contribution in [3.8, 4) is 0 Å². The lowest BCUT2D eigenvalue weighted by molar-refractivity contribution is -0.141. The van der Waals surface area contributed by atoms with E-state index in [1.165, 1.54) is 0 Å². The minimum atomic E-state index is -3.73. The maximum atomic E-state index is 13.2. The van der Waals surface area contributed by atoms with Gasteiger partial charge in [0.15, 0.2) is 0 Å². The van der Waals surface area contributed by atoms with E-state index in [0.29, 0.717) is 6.42 Å². The predicted octanol–water partition coefficient (Wildman–Crippen LogP) is 3.13. The van der Waals surface area contributed by atoms with E-state index in [0.717, 1.165) is 21.8 Å². The summed E-state index contributed by atoms with van der Waals surface area (Å²) in [7, 11) is -3.73.